The van der Waals surface area contributed by atoms with E-state index in [1.807, 2.05) is 60.7 Å². The Balaban J connectivity index is 1.42. The molecule has 0 aliphatic carbocycles. The van der Waals surface area contributed by atoms with Crippen LogP contribution in [0.2, 0.25) is 0 Å². The van der Waals surface area contributed by atoms with Crippen LogP contribution < -0.4 is 20.9 Å². The van der Waals surface area contributed by atoms with E-state index in [0.717, 1.165) is 21.8 Å². The molecule has 0 aliphatic rings. The molecule has 0 saturated heterocycles. The van der Waals surface area contributed by atoms with Gasteiger partial charge in [-0.1, -0.05) is 72.8 Å². The molecular weight excluding hydrogens is 578 g/mol. The van der Waals surface area contributed by atoms with Crippen LogP contribution in [0.1, 0.15) is 16.7 Å². The Bertz CT molecular complexity index is 2080. The Kier molecular flexibility index (Phi) is 8.11. The zero-order valence-corrected chi connectivity index (χ0v) is 24.2. The maximum Gasteiger partial charge on any atom is 0.333 e. The molecule has 2 N–H and O–H groups in total. The Labute approximate surface area is 256 Å². The molecule has 226 valence electrons. The largest absolute Gasteiger partial charge is 0.473 e. The maximum atomic E-state index is 16.1. The van der Waals surface area contributed by atoms with E-state index in [9.17, 15) is 9.59 Å². The first-order valence-corrected chi connectivity index (χ1v) is 14.1. The Morgan fingerprint density at radius 3 is 2.09 bits per heavy atom. The van der Waals surface area contributed by atoms with Gasteiger partial charge >= 0.3 is 5.69 Å². The number of aromatic nitrogens is 3. The number of hydrogen-bond donors (Lipinski definition) is 1. The molecule has 10 heteroatoms. The quantitative estimate of drug-likeness (QED) is 0.211. The average Bonchev–Trinajstić information content (AvgIpc) is 3.30. The van der Waals surface area contributed by atoms with E-state index in [2.05, 4.69) is 4.98 Å². The number of pyridine rings is 1. The fourth-order valence-corrected chi connectivity index (χ4v) is 5.16. The normalized spacial score (nSPS) is 11.1. The summed E-state index contributed by atoms with van der Waals surface area (Å²) >= 11 is 0. The zero-order valence-electron chi connectivity index (χ0n) is 24.2. The number of fused-ring (bicyclic) bond motifs is 1. The topological polar surface area (TPSA) is 101 Å². The molecule has 0 atom stereocenters. The molecule has 6 aromatic rings. The van der Waals surface area contributed by atoms with Crippen LogP contribution in [0.25, 0.3) is 27.8 Å². The summed E-state index contributed by atoms with van der Waals surface area (Å²) in [6.45, 7) is 0.430. The Hall–Kier alpha value is -5.77. The van der Waals surface area contributed by atoms with E-state index in [0.29, 0.717) is 5.56 Å². The van der Waals surface area contributed by atoms with Crippen molar-refractivity contribution in [3.05, 3.63) is 142 Å². The molecule has 6 rings (SSSR count). The SMILES string of the molecule is Cn1c(=O)n(-c2ccc(OCc3ccccc3)nc2OCc2ccccc2)c2ccc(-c3ccc(CC(N)=O)cc3F)c(F)c21. The lowest BCUT2D eigenvalue weighted by molar-refractivity contribution is -0.117. The molecule has 8 nitrogen and oxygen atoms in total. The van der Waals surface area contributed by atoms with Gasteiger partial charge in [-0.2, -0.15) is 4.98 Å². The fraction of sp³-hybridized carbons (Fsp3) is 0.114. The number of nitrogens with two attached hydrogens (primary N) is 1. The van der Waals surface area contributed by atoms with Crippen molar-refractivity contribution in [3.8, 4) is 28.6 Å². The molecule has 1 amide bonds. The van der Waals surface area contributed by atoms with Gasteiger partial charge in [-0.15, -0.1) is 0 Å². The van der Waals surface area contributed by atoms with Crippen molar-refractivity contribution in [2.75, 3.05) is 0 Å². The predicted molar refractivity (Wildman–Crippen MR) is 166 cm³/mol. The van der Waals surface area contributed by atoms with Crippen LogP contribution in [0.15, 0.2) is 108 Å². The maximum absolute atomic E-state index is 16.1. The molecule has 0 aliphatic heterocycles. The fourth-order valence-electron chi connectivity index (χ4n) is 5.16. The summed E-state index contributed by atoms with van der Waals surface area (Å²) in [5.41, 5.74) is 7.30. The lowest BCUT2D eigenvalue weighted by atomic mass is 10.0. The van der Waals surface area contributed by atoms with Crippen LogP contribution in [-0.2, 0) is 31.5 Å². The smallest absolute Gasteiger partial charge is 0.333 e. The van der Waals surface area contributed by atoms with Crippen LogP contribution in [-0.4, -0.2) is 20.0 Å². The number of aryl methyl sites for hydroxylation is 1. The second kappa shape index (κ2) is 12.5. The number of amides is 1. The van der Waals surface area contributed by atoms with Crippen molar-refractivity contribution in [2.24, 2.45) is 12.8 Å². The highest BCUT2D eigenvalue weighted by atomic mass is 19.1. The summed E-state index contributed by atoms with van der Waals surface area (Å²) in [5.74, 6) is -1.72. The number of halogens is 2. The van der Waals surface area contributed by atoms with E-state index >= 15 is 8.78 Å². The highest BCUT2D eigenvalue weighted by Crippen LogP contribution is 2.33. The van der Waals surface area contributed by atoms with Crippen molar-refractivity contribution >= 4 is 16.9 Å². The third kappa shape index (κ3) is 6.03. The van der Waals surface area contributed by atoms with Crippen LogP contribution in [0.3, 0.4) is 0 Å². The van der Waals surface area contributed by atoms with Gasteiger partial charge in [0.2, 0.25) is 17.7 Å². The predicted octanol–water partition coefficient (Wildman–Crippen LogP) is 5.86. The van der Waals surface area contributed by atoms with Gasteiger partial charge in [0.1, 0.15) is 30.2 Å². The number of benzene rings is 4. The first-order chi connectivity index (χ1) is 21.8. The number of rotatable bonds is 10. The third-order valence-electron chi connectivity index (χ3n) is 7.35. The van der Waals surface area contributed by atoms with Crippen molar-refractivity contribution in [1.82, 2.24) is 14.1 Å². The summed E-state index contributed by atoms with van der Waals surface area (Å²) in [4.78, 5) is 29.5. The molecule has 0 spiro atoms. The molecule has 0 radical (unpaired) electrons. The van der Waals surface area contributed by atoms with Crippen molar-refractivity contribution in [3.63, 3.8) is 0 Å². The Morgan fingerprint density at radius 2 is 1.44 bits per heavy atom. The first-order valence-electron chi connectivity index (χ1n) is 14.1. The second-order valence-electron chi connectivity index (χ2n) is 10.5. The third-order valence-corrected chi connectivity index (χ3v) is 7.35. The van der Waals surface area contributed by atoms with Gasteiger partial charge < -0.3 is 15.2 Å². The summed E-state index contributed by atoms with van der Waals surface area (Å²) < 4.78 is 45.7. The van der Waals surface area contributed by atoms with Gasteiger partial charge in [0.05, 0.1) is 11.9 Å². The van der Waals surface area contributed by atoms with Crippen molar-refractivity contribution in [1.29, 1.82) is 0 Å². The summed E-state index contributed by atoms with van der Waals surface area (Å²) in [6, 6.07) is 29.3. The molecule has 2 heterocycles. The second-order valence-corrected chi connectivity index (χ2v) is 10.5. The minimum atomic E-state index is -0.782. The molecule has 0 saturated carbocycles. The molecule has 0 unspecified atom stereocenters. The Morgan fingerprint density at radius 1 is 0.800 bits per heavy atom. The minimum Gasteiger partial charge on any atom is -0.473 e. The van der Waals surface area contributed by atoms with Crippen molar-refractivity contribution in [2.45, 2.75) is 19.6 Å². The number of carbonyl (C=O) groups is 1. The van der Waals surface area contributed by atoms with Crippen LogP contribution >= 0.6 is 0 Å². The van der Waals surface area contributed by atoms with E-state index in [1.54, 1.807) is 18.2 Å². The van der Waals surface area contributed by atoms with E-state index in [1.165, 1.54) is 29.8 Å². The molecule has 0 bridgehead atoms. The number of ether oxygens (including phenoxy) is 2. The lowest BCUT2D eigenvalue weighted by Crippen LogP contribution is -2.21. The number of hydrogen-bond acceptors (Lipinski definition) is 5. The monoisotopic (exact) mass is 606 g/mol. The van der Waals surface area contributed by atoms with Gasteiger partial charge in [-0.25, -0.2) is 13.6 Å². The van der Waals surface area contributed by atoms with Gasteiger partial charge in [-0.05, 0) is 41.0 Å². The van der Waals surface area contributed by atoms with E-state index in [-0.39, 0.29) is 59.2 Å². The lowest BCUT2D eigenvalue weighted by Gasteiger charge is -2.14. The summed E-state index contributed by atoms with van der Waals surface area (Å²) in [6.07, 6.45) is -0.144. The number of imidazole rings is 1. The number of carbonyl (C=O) groups excluding carboxylic acids is 1. The first kappa shape index (κ1) is 29.3. The van der Waals surface area contributed by atoms with Crippen LogP contribution in [0.4, 0.5) is 8.78 Å². The molecular formula is C35H28F2N4O4. The van der Waals surface area contributed by atoms with E-state index < -0.39 is 23.2 Å². The summed E-state index contributed by atoms with van der Waals surface area (Å²) in [5, 5.41) is 0. The van der Waals surface area contributed by atoms with Gasteiger partial charge in [0, 0.05) is 24.2 Å². The highest BCUT2D eigenvalue weighted by molar-refractivity contribution is 5.85. The van der Waals surface area contributed by atoms with Gasteiger partial charge in [0.25, 0.3) is 0 Å². The minimum absolute atomic E-state index is 0.0173. The molecule has 4 aromatic carbocycles. The van der Waals surface area contributed by atoms with Crippen molar-refractivity contribution < 1.29 is 23.0 Å². The molecule has 45 heavy (non-hydrogen) atoms. The van der Waals surface area contributed by atoms with Gasteiger partial charge in [-0.3, -0.25) is 13.9 Å². The summed E-state index contributed by atoms with van der Waals surface area (Å²) in [7, 11) is 1.44. The molecule has 0 fully saturated rings. The van der Waals surface area contributed by atoms with Crippen LogP contribution in [0.5, 0.6) is 11.8 Å². The molecule has 2 aromatic heterocycles. The van der Waals surface area contributed by atoms with E-state index in [4.69, 9.17) is 15.2 Å². The van der Waals surface area contributed by atoms with Gasteiger partial charge in [0.15, 0.2) is 5.82 Å². The van der Waals surface area contributed by atoms with Crippen LogP contribution in [0, 0.1) is 11.6 Å². The zero-order chi connectivity index (χ0) is 31.5. The average molecular weight is 607 g/mol. The highest BCUT2D eigenvalue weighted by Gasteiger charge is 2.23. The number of nitrogens with zero attached hydrogens (tertiary/aromatic N) is 3. The standard InChI is InChI=1S/C35H28F2N4O4/c1-40-33-28(15-14-26(32(33)37)25-13-12-24(18-27(25)36)19-30(38)42)41(35(40)43)29-16-17-31(44-20-22-8-4-2-5-9-22)39-34(29)45-21-23-10-6-3-7-11-23/h2-18H,19-21H2,1H3,(H2,38,42). The number of primary amides is 1.